The summed E-state index contributed by atoms with van der Waals surface area (Å²) in [5, 5.41) is 25.5. The van der Waals surface area contributed by atoms with Crippen molar-refractivity contribution in [2.75, 3.05) is 26.7 Å². The highest BCUT2D eigenvalue weighted by atomic mass is 127. The molecule has 4 N–H and O–H groups in total. The Bertz CT molecular complexity index is 648. The van der Waals surface area contributed by atoms with E-state index in [0.717, 1.165) is 30.9 Å². The number of nitrogens with zero attached hydrogens (tertiary/aromatic N) is 1. The van der Waals surface area contributed by atoms with Crippen LogP contribution in [0.25, 0.3) is 0 Å². The van der Waals surface area contributed by atoms with E-state index >= 15 is 0 Å². The summed E-state index contributed by atoms with van der Waals surface area (Å²) in [5.41, 5.74) is 2.31. The zero-order chi connectivity index (χ0) is 17.9. The van der Waals surface area contributed by atoms with Crippen molar-refractivity contribution in [3.63, 3.8) is 0 Å². The second-order valence-corrected chi connectivity index (χ2v) is 5.94. The SMILES string of the molecule is CN=C(NCCCc1ccc(O)cc1)NCC(CO)c1ccccc1.I. The molecule has 1 unspecified atom stereocenters. The van der Waals surface area contributed by atoms with Crippen LogP contribution in [0.4, 0.5) is 0 Å². The minimum Gasteiger partial charge on any atom is -0.508 e. The fourth-order valence-electron chi connectivity index (χ4n) is 2.62. The normalized spacial score (nSPS) is 12.2. The van der Waals surface area contributed by atoms with Crippen LogP contribution in [0.15, 0.2) is 59.6 Å². The number of aryl methyl sites for hydroxylation is 1. The van der Waals surface area contributed by atoms with Crippen LogP contribution in [0.2, 0.25) is 0 Å². The molecule has 2 aromatic rings. The third kappa shape index (κ3) is 7.61. The van der Waals surface area contributed by atoms with Gasteiger partial charge in [0, 0.05) is 26.1 Å². The fraction of sp³-hybridized carbons (Fsp3) is 0.350. The molecule has 6 heteroatoms. The van der Waals surface area contributed by atoms with Crippen molar-refractivity contribution < 1.29 is 10.2 Å². The van der Waals surface area contributed by atoms with E-state index in [2.05, 4.69) is 15.6 Å². The molecule has 0 fully saturated rings. The van der Waals surface area contributed by atoms with Crippen LogP contribution in [-0.2, 0) is 6.42 Å². The van der Waals surface area contributed by atoms with Gasteiger partial charge >= 0.3 is 0 Å². The number of rotatable bonds is 8. The van der Waals surface area contributed by atoms with Gasteiger partial charge in [-0.05, 0) is 36.1 Å². The molecular formula is C20H28IN3O2. The Balaban J connectivity index is 0.00000338. The quantitative estimate of drug-likeness (QED) is 0.208. The molecule has 2 aromatic carbocycles. The average Bonchev–Trinajstić information content (AvgIpc) is 2.66. The van der Waals surface area contributed by atoms with Crippen LogP contribution in [0.5, 0.6) is 5.75 Å². The van der Waals surface area contributed by atoms with Gasteiger partial charge in [0.2, 0.25) is 0 Å². The number of aliphatic hydroxyl groups is 1. The Hall–Kier alpha value is -1.80. The van der Waals surface area contributed by atoms with Crippen molar-refractivity contribution in [3.05, 3.63) is 65.7 Å². The maximum Gasteiger partial charge on any atom is 0.190 e. The lowest BCUT2D eigenvalue weighted by Crippen LogP contribution is -2.40. The minimum atomic E-state index is 0. The molecule has 26 heavy (non-hydrogen) atoms. The van der Waals surface area contributed by atoms with E-state index in [9.17, 15) is 10.2 Å². The maximum atomic E-state index is 9.61. The Morgan fingerprint density at radius 3 is 2.35 bits per heavy atom. The van der Waals surface area contributed by atoms with E-state index in [1.54, 1.807) is 19.2 Å². The Morgan fingerprint density at radius 2 is 1.73 bits per heavy atom. The lowest BCUT2D eigenvalue weighted by Gasteiger charge is -2.18. The van der Waals surface area contributed by atoms with Crippen molar-refractivity contribution in [2.24, 2.45) is 4.99 Å². The molecule has 2 rings (SSSR count). The average molecular weight is 469 g/mol. The van der Waals surface area contributed by atoms with Gasteiger partial charge in [-0.15, -0.1) is 24.0 Å². The Kier molecular flexibility index (Phi) is 10.7. The van der Waals surface area contributed by atoms with Crippen LogP contribution in [0, 0.1) is 0 Å². The number of phenols is 1. The molecule has 0 saturated heterocycles. The topological polar surface area (TPSA) is 76.9 Å². The number of hydrogen-bond donors (Lipinski definition) is 4. The second kappa shape index (κ2) is 12.5. The van der Waals surface area contributed by atoms with Crippen molar-refractivity contribution in [2.45, 2.75) is 18.8 Å². The number of aliphatic hydroxyl groups excluding tert-OH is 1. The first-order valence-corrected chi connectivity index (χ1v) is 8.61. The highest BCUT2D eigenvalue weighted by Gasteiger charge is 2.10. The lowest BCUT2D eigenvalue weighted by molar-refractivity contribution is 0.265. The number of nitrogens with one attached hydrogen (secondary N) is 2. The predicted molar refractivity (Wildman–Crippen MR) is 117 cm³/mol. The van der Waals surface area contributed by atoms with Crippen molar-refractivity contribution >= 4 is 29.9 Å². The van der Waals surface area contributed by atoms with Crippen molar-refractivity contribution in [1.82, 2.24) is 10.6 Å². The van der Waals surface area contributed by atoms with Gasteiger partial charge in [-0.3, -0.25) is 4.99 Å². The number of aromatic hydroxyl groups is 1. The molecule has 0 radical (unpaired) electrons. The van der Waals surface area contributed by atoms with E-state index in [4.69, 9.17) is 0 Å². The Labute approximate surface area is 172 Å². The number of halogens is 1. The molecule has 0 heterocycles. The summed E-state index contributed by atoms with van der Waals surface area (Å²) in [6, 6.07) is 17.3. The zero-order valence-corrected chi connectivity index (χ0v) is 17.4. The van der Waals surface area contributed by atoms with E-state index in [1.807, 2.05) is 42.5 Å². The highest BCUT2D eigenvalue weighted by Crippen LogP contribution is 2.13. The first kappa shape index (κ1) is 22.2. The molecule has 0 spiro atoms. The van der Waals surface area contributed by atoms with Gasteiger partial charge in [-0.25, -0.2) is 0 Å². The van der Waals surface area contributed by atoms with Gasteiger partial charge in [-0.2, -0.15) is 0 Å². The van der Waals surface area contributed by atoms with Crippen LogP contribution in [0.1, 0.15) is 23.5 Å². The molecule has 0 aliphatic heterocycles. The summed E-state index contributed by atoms with van der Waals surface area (Å²) in [6.07, 6.45) is 1.90. The number of benzene rings is 2. The molecule has 5 nitrogen and oxygen atoms in total. The molecule has 142 valence electrons. The summed E-state index contributed by atoms with van der Waals surface area (Å²) in [6.45, 7) is 1.52. The highest BCUT2D eigenvalue weighted by molar-refractivity contribution is 14.0. The molecule has 1 atom stereocenters. The van der Waals surface area contributed by atoms with E-state index in [-0.39, 0.29) is 36.5 Å². The molecule has 0 saturated carbocycles. The second-order valence-electron chi connectivity index (χ2n) is 5.94. The van der Waals surface area contributed by atoms with E-state index < -0.39 is 0 Å². The lowest BCUT2D eigenvalue weighted by atomic mass is 10.0. The largest absolute Gasteiger partial charge is 0.508 e. The fourth-order valence-corrected chi connectivity index (χ4v) is 2.62. The van der Waals surface area contributed by atoms with Gasteiger partial charge in [0.15, 0.2) is 5.96 Å². The third-order valence-corrected chi connectivity index (χ3v) is 4.10. The van der Waals surface area contributed by atoms with Crippen LogP contribution in [0.3, 0.4) is 0 Å². The van der Waals surface area contributed by atoms with Crippen LogP contribution < -0.4 is 10.6 Å². The van der Waals surface area contributed by atoms with Gasteiger partial charge in [0.1, 0.15) is 5.75 Å². The van der Waals surface area contributed by atoms with Gasteiger partial charge < -0.3 is 20.8 Å². The van der Waals surface area contributed by atoms with E-state index in [0.29, 0.717) is 12.3 Å². The summed E-state index contributed by atoms with van der Waals surface area (Å²) in [4.78, 5) is 4.22. The molecule has 0 amide bonds. The molecule has 0 aliphatic carbocycles. The molecule has 0 bridgehead atoms. The summed E-state index contributed by atoms with van der Waals surface area (Å²) in [7, 11) is 1.74. The molecule has 0 aromatic heterocycles. The summed E-state index contributed by atoms with van der Waals surface area (Å²) >= 11 is 0. The van der Waals surface area contributed by atoms with Crippen LogP contribution in [-0.4, -0.2) is 42.9 Å². The predicted octanol–water partition coefficient (Wildman–Crippen LogP) is 2.88. The summed E-state index contributed by atoms with van der Waals surface area (Å²) < 4.78 is 0. The van der Waals surface area contributed by atoms with Crippen LogP contribution >= 0.6 is 24.0 Å². The number of hydrogen-bond acceptors (Lipinski definition) is 3. The molecule has 0 aliphatic rings. The number of phenolic OH excluding ortho intramolecular Hbond substituents is 1. The third-order valence-electron chi connectivity index (χ3n) is 4.10. The standard InChI is InChI=1S/C20H27N3O2.HI/c1-21-20(22-13-5-6-16-9-11-19(25)12-10-16)23-14-18(15-24)17-7-3-2-4-8-17;/h2-4,7-12,18,24-25H,5-6,13-15H2,1H3,(H2,21,22,23);1H. The van der Waals surface area contributed by atoms with Gasteiger partial charge in [-0.1, -0.05) is 42.5 Å². The monoisotopic (exact) mass is 469 g/mol. The summed E-state index contributed by atoms with van der Waals surface area (Å²) in [5.74, 6) is 1.07. The molecular weight excluding hydrogens is 441 g/mol. The van der Waals surface area contributed by atoms with E-state index in [1.165, 1.54) is 5.56 Å². The zero-order valence-electron chi connectivity index (χ0n) is 15.1. The smallest absolute Gasteiger partial charge is 0.190 e. The first-order valence-electron chi connectivity index (χ1n) is 8.61. The van der Waals surface area contributed by atoms with Crippen molar-refractivity contribution in [1.29, 1.82) is 0 Å². The Morgan fingerprint density at radius 1 is 1.04 bits per heavy atom. The van der Waals surface area contributed by atoms with Gasteiger partial charge in [0.25, 0.3) is 0 Å². The maximum absolute atomic E-state index is 9.61. The van der Waals surface area contributed by atoms with Gasteiger partial charge in [0.05, 0.1) is 6.61 Å². The first-order chi connectivity index (χ1) is 12.2. The number of guanidine groups is 1. The number of aliphatic imine (C=N–C) groups is 1. The minimum absolute atomic E-state index is 0. The van der Waals surface area contributed by atoms with Crippen molar-refractivity contribution in [3.8, 4) is 5.75 Å².